The first-order chi connectivity index (χ1) is 10.2. The molecule has 0 saturated carbocycles. The molecular formula is C17H26ClN3O2. The largest absolute Gasteiger partial charge is 0.352 e. The Hall–Kier alpha value is -1.59. The van der Waals surface area contributed by atoms with E-state index in [1.54, 1.807) is 17.0 Å². The smallest absolute Gasteiger partial charge is 0.254 e. The number of rotatable bonds is 4. The van der Waals surface area contributed by atoms with Gasteiger partial charge in [-0.2, -0.15) is 0 Å². The Labute approximate surface area is 144 Å². The van der Waals surface area contributed by atoms with E-state index in [0.29, 0.717) is 25.1 Å². The molecular weight excluding hydrogens is 314 g/mol. The molecule has 2 amide bonds. The summed E-state index contributed by atoms with van der Waals surface area (Å²) < 4.78 is 0. The van der Waals surface area contributed by atoms with Crippen molar-refractivity contribution in [3.63, 3.8) is 0 Å². The van der Waals surface area contributed by atoms with Gasteiger partial charge in [-0.3, -0.25) is 9.59 Å². The zero-order valence-electron chi connectivity index (χ0n) is 14.0. The molecule has 128 valence electrons. The molecule has 0 aliphatic carbocycles. The molecule has 1 aliphatic heterocycles. The Morgan fingerprint density at radius 1 is 1.30 bits per heavy atom. The molecule has 5 nitrogen and oxygen atoms in total. The molecule has 23 heavy (non-hydrogen) atoms. The molecule has 1 unspecified atom stereocenters. The number of nitrogens with zero attached hydrogens (tertiary/aromatic N) is 1. The predicted octanol–water partition coefficient (Wildman–Crippen LogP) is 1.96. The fraction of sp³-hybridized carbons (Fsp3) is 0.529. The lowest BCUT2D eigenvalue weighted by atomic mass is 9.96. The van der Waals surface area contributed by atoms with Crippen LogP contribution in [-0.4, -0.2) is 40.9 Å². The molecule has 1 aliphatic rings. The van der Waals surface area contributed by atoms with Crippen LogP contribution in [-0.2, 0) is 4.79 Å². The minimum atomic E-state index is -0.807. The standard InChI is InChI=1S/C17H25N3O2.ClH/c1-16(2,18)12-19-15(22)17(3)10-7-11-20(17)14(21)13-8-5-4-6-9-13;/h4-6,8-9H,7,10-12,18H2,1-3H3,(H,19,22);1H. The highest BCUT2D eigenvalue weighted by atomic mass is 35.5. The zero-order chi connectivity index (χ0) is 16.4. The van der Waals surface area contributed by atoms with E-state index < -0.39 is 11.1 Å². The first-order valence-electron chi connectivity index (χ1n) is 7.68. The number of nitrogens with one attached hydrogen (secondary N) is 1. The van der Waals surface area contributed by atoms with E-state index in [9.17, 15) is 9.59 Å². The van der Waals surface area contributed by atoms with Crippen LogP contribution < -0.4 is 11.1 Å². The van der Waals surface area contributed by atoms with Crippen LogP contribution >= 0.6 is 12.4 Å². The van der Waals surface area contributed by atoms with Gasteiger partial charge in [0.15, 0.2) is 0 Å². The monoisotopic (exact) mass is 339 g/mol. The lowest BCUT2D eigenvalue weighted by molar-refractivity contribution is -0.130. The van der Waals surface area contributed by atoms with Crippen LogP contribution in [0.5, 0.6) is 0 Å². The van der Waals surface area contributed by atoms with Gasteiger partial charge in [-0.05, 0) is 45.7 Å². The molecule has 1 heterocycles. The zero-order valence-corrected chi connectivity index (χ0v) is 14.8. The summed E-state index contributed by atoms with van der Waals surface area (Å²) >= 11 is 0. The molecule has 2 rings (SSSR count). The van der Waals surface area contributed by atoms with E-state index >= 15 is 0 Å². The Bertz CT molecular complexity index is 557. The van der Waals surface area contributed by atoms with E-state index in [4.69, 9.17) is 5.73 Å². The number of hydrogen-bond donors (Lipinski definition) is 2. The summed E-state index contributed by atoms with van der Waals surface area (Å²) in [7, 11) is 0. The van der Waals surface area contributed by atoms with Gasteiger partial charge in [-0.1, -0.05) is 18.2 Å². The minimum Gasteiger partial charge on any atom is -0.352 e. The van der Waals surface area contributed by atoms with Crippen molar-refractivity contribution < 1.29 is 9.59 Å². The first kappa shape index (κ1) is 19.5. The van der Waals surface area contributed by atoms with Gasteiger partial charge in [0.25, 0.3) is 5.91 Å². The second-order valence-electron chi connectivity index (χ2n) is 6.87. The van der Waals surface area contributed by atoms with Gasteiger partial charge in [0.2, 0.25) is 5.91 Å². The Kier molecular flexibility index (Phi) is 6.19. The summed E-state index contributed by atoms with van der Waals surface area (Å²) in [6.07, 6.45) is 1.50. The van der Waals surface area contributed by atoms with E-state index in [0.717, 1.165) is 6.42 Å². The van der Waals surface area contributed by atoms with Crippen molar-refractivity contribution in [2.24, 2.45) is 5.73 Å². The molecule has 0 radical (unpaired) electrons. The normalized spacial score (nSPS) is 20.8. The van der Waals surface area contributed by atoms with Crippen molar-refractivity contribution in [3.05, 3.63) is 35.9 Å². The minimum absolute atomic E-state index is 0. The van der Waals surface area contributed by atoms with Gasteiger partial charge in [0.05, 0.1) is 0 Å². The Morgan fingerprint density at radius 3 is 2.48 bits per heavy atom. The van der Waals surface area contributed by atoms with Crippen LogP contribution in [0, 0.1) is 0 Å². The molecule has 3 N–H and O–H groups in total. The van der Waals surface area contributed by atoms with Gasteiger partial charge in [0, 0.05) is 24.2 Å². The van der Waals surface area contributed by atoms with Gasteiger partial charge < -0.3 is 16.0 Å². The molecule has 1 saturated heterocycles. The van der Waals surface area contributed by atoms with Crippen molar-refractivity contribution in [2.75, 3.05) is 13.1 Å². The molecule has 1 fully saturated rings. The highest BCUT2D eigenvalue weighted by Gasteiger charge is 2.45. The fourth-order valence-electron chi connectivity index (χ4n) is 2.76. The quantitative estimate of drug-likeness (QED) is 0.880. The average molecular weight is 340 g/mol. The number of hydrogen-bond acceptors (Lipinski definition) is 3. The number of halogens is 1. The fourth-order valence-corrected chi connectivity index (χ4v) is 2.76. The third-order valence-corrected chi connectivity index (χ3v) is 4.10. The van der Waals surface area contributed by atoms with Crippen molar-refractivity contribution in [2.45, 2.75) is 44.7 Å². The van der Waals surface area contributed by atoms with Crippen molar-refractivity contribution in [1.29, 1.82) is 0 Å². The number of carbonyl (C=O) groups is 2. The van der Waals surface area contributed by atoms with Crippen LogP contribution in [0.2, 0.25) is 0 Å². The van der Waals surface area contributed by atoms with Gasteiger partial charge in [-0.25, -0.2) is 0 Å². The predicted molar refractivity (Wildman–Crippen MR) is 93.6 cm³/mol. The molecule has 1 atom stereocenters. The van der Waals surface area contributed by atoms with E-state index in [1.807, 2.05) is 39.0 Å². The maximum absolute atomic E-state index is 12.7. The summed E-state index contributed by atoms with van der Waals surface area (Å²) in [5, 5.41) is 2.88. The summed E-state index contributed by atoms with van der Waals surface area (Å²) in [6, 6.07) is 9.09. The number of benzene rings is 1. The van der Waals surface area contributed by atoms with Crippen LogP contribution in [0.4, 0.5) is 0 Å². The lowest BCUT2D eigenvalue weighted by Crippen LogP contribution is -2.58. The van der Waals surface area contributed by atoms with Gasteiger partial charge in [-0.15, -0.1) is 12.4 Å². The van der Waals surface area contributed by atoms with E-state index in [1.165, 1.54) is 0 Å². The third kappa shape index (κ3) is 4.45. The van der Waals surface area contributed by atoms with Crippen LogP contribution in [0.1, 0.15) is 44.0 Å². The topological polar surface area (TPSA) is 75.4 Å². The summed E-state index contributed by atoms with van der Waals surface area (Å²) in [4.78, 5) is 27.0. The highest BCUT2D eigenvalue weighted by molar-refractivity contribution is 5.99. The van der Waals surface area contributed by atoms with Crippen molar-refractivity contribution in [3.8, 4) is 0 Å². The second kappa shape index (κ2) is 7.32. The lowest BCUT2D eigenvalue weighted by Gasteiger charge is -2.35. The van der Waals surface area contributed by atoms with Crippen molar-refractivity contribution >= 4 is 24.2 Å². The molecule has 6 heteroatoms. The SMILES string of the molecule is CC(C)(N)CNC(=O)C1(C)CCCN1C(=O)c1ccccc1.Cl. The third-order valence-electron chi connectivity index (χ3n) is 4.10. The highest BCUT2D eigenvalue weighted by Crippen LogP contribution is 2.30. The van der Waals surface area contributed by atoms with Gasteiger partial charge in [0.1, 0.15) is 5.54 Å². The number of carbonyl (C=O) groups excluding carboxylic acids is 2. The molecule has 0 bridgehead atoms. The van der Waals surface area contributed by atoms with Crippen LogP contribution in [0.3, 0.4) is 0 Å². The van der Waals surface area contributed by atoms with Gasteiger partial charge >= 0.3 is 0 Å². The Morgan fingerprint density at radius 2 is 1.91 bits per heavy atom. The molecule has 1 aromatic rings. The van der Waals surface area contributed by atoms with Crippen LogP contribution in [0.25, 0.3) is 0 Å². The average Bonchev–Trinajstić information content (AvgIpc) is 2.87. The van der Waals surface area contributed by atoms with Crippen molar-refractivity contribution in [1.82, 2.24) is 10.2 Å². The summed E-state index contributed by atoms with van der Waals surface area (Å²) in [5.74, 6) is -0.226. The molecule has 1 aromatic carbocycles. The van der Waals surface area contributed by atoms with Crippen LogP contribution in [0.15, 0.2) is 30.3 Å². The summed E-state index contributed by atoms with van der Waals surface area (Å²) in [6.45, 7) is 6.53. The summed E-state index contributed by atoms with van der Waals surface area (Å²) in [5.41, 5.74) is 5.25. The number of likely N-dealkylation sites (tertiary alicyclic amines) is 1. The van der Waals surface area contributed by atoms with E-state index in [-0.39, 0.29) is 24.2 Å². The second-order valence-corrected chi connectivity index (χ2v) is 6.87. The number of amides is 2. The maximum atomic E-state index is 12.7. The Balaban J connectivity index is 0.00000264. The maximum Gasteiger partial charge on any atom is 0.254 e. The molecule has 0 spiro atoms. The van der Waals surface area contributed by atoms with E-state index in [2.05, 4.69) is 5.32 Å². The number of nitrogens with two attached hydrogens (primary N) is 1. The molecule has 0 aromatic heterocycles. The first-order valence-corrected chi connectivity index (χ1v) is 7.68.